The zero-order valence-corrected chi connectivity index (χ0v) is 23.5. The second-order valence-electron chi connectivity index (χ2n) is 10.8. The van der Waals surface area contributed by atoms with Gasteiger partial charge in [-0.25, -0.2) is 0 Å². The number of nitrogens with one attached hydrogen (secondary N) is 2. The molecule has 13 heteroatoms. The number of benzene rings is 2. The minimum Gasteiger partial charge on any atom is -0.462 e. The predicted molar refractivity (Wildman–Crippen MR) is 152 cm³/mol. The first-order valence-corrected chi connectivity index (χ1v) is 14.1. The summed E-state index contributed by atoms with van der Waals surface area (Å²) in [6, 6.07) is 9.87. The van der Waals surface area contributed by atoms with Crippen LogP contribution < -0.4 is 25.2 Å². The summed E-state index contributed by atoms with van der Waals surface area (Å²) in [5.74, 6) is -0.695. The molecule has 3 unspecified atom stereocenters. The smallest absolute Gasteiger partial charge is 0.427 e. The van der Waals surface area contributed by atoms with Crippen LogP contribution in [0, 0.1) is 0 Å². The summed E-state index contributed by atoms with van der Waals surface area (Å²) in [5, 5.41) is 7.07. The lowest BCUT2D eigenvalue weighted by Gasteiger charge is -2.41. The molecule has 41 heavy (non-hydrogen) atoms. The molecule has 3 aliphatic heterocycles. The molecule has 0 spiro atoms. The van der Waals surface area contributed by atoms with E-state index in [4.69, 9.17) is 16.3 Å². The van der Waals surface area contributed by atoms with E-state index < -0.39 is 18.2 Å². The number of amides is 1. The Morgan fingerprint density at radius 3 is 2.63 bits per heavy atom. The van der Waals surface area contributed by atoms with Gasteiger partial charge in [0.1, 0.15) is 12.3 Å². The number of carbonyl (C=O) groups excluding carboxylic acids is 1. The number of hydrogen-bond donors (Lipinski definition) is 2. The molecule has 2 fully saturated rings. The quantitative estimate of drug-likeness (QED) is 0.450. The molecule has 3 aromatic rings. The number of hydrogen-bond acceptors (Lipinski definition) is 8. The number of anilines is 3. The molecule has 2 N–H and O–H groups in total. The van der Waals surface area contributed by atoms with Gasteiger partial charge in [0.2, 0.25) is 6.17 Å². The molecule has 0 bridgehead atoms. The van der Waals surface area contributed by atoms with Gasteiger partial charge in [0, 0.05) is 37.1 Å². The maximum absolute atomic E-state index is 14.7. The van der Waals surface area contributed by atoms with Crippen molar-refractivity contribution in [3.8, 4) is 6.01 Å². The monoisotopic (exact) mass is 589 g/mol. The van der Waals surface area contributed by atoms with Crippen LogP contribution in [0.15, 0.2) is 36.4 Å². The molecule has 6 rings (SSSR count). The number of alkyl halides is 3. The van der Waals surface area contributed by atoms with Gasteiger partial charge in [-0.3, -0.25) is 9.69 Å². The van der Waals surface area contributed by atoms with Crippen LogP contribution in [0.3, 0.4) is 0 Å². The summed E-state index contributed by atoms with van der Waals surface area (Å²) in [6.07, 6.45) is -5.20. The van der Waals surface area contributed by atoms with Crippen molar-refractivity contribution in [3.63, 3.8) is 0 Å². The van der Waals surface area contributed by atoms with Gasteiger partial charge in [0.25, 0.3) is 5.91 Å². The summed E-state index contributed by atoms with van der Waals surface area (Å²) in [5.41, 5.74) is -0.205. The standard InChI is InChI=1S/C28H31ClF3N7O2/c1-16-14-33-11-13-38(16)24-22-23(35-27(36-24)41-15-18-8-5-12-37(18)2)25(40)39(26(34-22)28(30,31)32)20-10-4-7-17-6-3-9-19(29)21(17)20/h3-4,6-7,9-10,16,18,26,33-34H,5,8,11-15H2,1-2H3. The summed E-state index contributed by atoms with van der Waals surface area (Å²) in [6.45, 7) is 4.92. The van der Waals surface area contributed by atoms with E-state index >= 15 is 0 Å². The van der Waals surface area contributed by atoms with Crippen molar-refractivity contribution >= 4 is 45.5 Å². The highest BCUT2D eigenvalue weighted by molar-refractivity contribution is 6.37. The van der Waals surface area contributed by atoms with E-state index in [0.29, 0.717) is 41.9 Å². The van der Waals surface area contributed by atoms with E-state index in [2.05, 4.69) is 25.5 Å². The average Bonchev–Trinajstić information content (AvgIpc) is 3.36. The molecular weight excluding hydrogens is 559 g/mol. The lowest BCUT2D eigenvalue weighted by Crippen LogP contribution is -2.58. The second-order valence-corrected chi connectivity index (χ2v) is 11.2. The first-order chi connectivity index (χ1) is 19.6. The van der Waals surface area contributed by atoms with Crippen molar-refractivity contribution in [1.29, 1.82) is 0 Å². The fraction of sp³-hybridized carbons (Fsp3) is 0.464. The number of ether oxygens (including phenoxy) is 1. The Hall–Kier alpha value is -3.35. The molecule has 3 atom stereocenters. The molecule has 0 radical (unpaired) electrons. The number of carbonyl (C=O) groups is 1. The molecule has 3 aliphatic rings. The Morgan fingerprint density at radius 2 is 1.93 bits per heavy atom. The first kappa shape index (κ1) is 27.8. The van der Waals surface area contributed by atoms with Gasteiger partial charge in [-0.15, -0.1) is 0 Å². The third kappa shape index (κ3) is 5.13. The van der Waals surface area contributed by atoms with E-state index in [1.165, 1.54) is 6.07 Å². The molecule has 1 amide bonds. The number of nitrogens with zero attached hydrogens (tertiary/aromatic N) is 5. The molecule has 1 aromatic heterocycles. The summed E-state index contributed by atoms with van der Waals surface area (Å²) in [4.78, 5) is 27.9. The Morgan fingerprint density at radius 1 is 1.15 bits per heavy atom. The van der Waals surface area contributed by atoms with Crippen LogP contribution in [0.25, 0.3) is 10.8 Å². The van der Waals surface area contributed by atoms with E-state index in [-0.39, 0.29) is 46.0 Å². The van der Waals surface area contributed by atoms with Gasteiger partial charge < -0.3 is 25.2 Å². The highest BCUT2D eigenvalue weighted by Gasteiger charge is 2.52. The van der Waals surface area contributed by atoms with Crippen molar-refractivity contribution in [2.24, 2.45) is 0 Å². The summed E-state index contributed by atoms with van der Waals surface area (Å²) in [7, 11) is 2.01. The molecule has 0 saturated carbocycles. The molecule has 4 heterocycles. The summed E-state index contributed by atoms with van der Waals surface area (Å²) < 4.78 is 50.2. The van der Waals surface area contributed by atoms with Gasteiger partial charge in [0.05, 0.1) is 10.7 Å². The van der Waals surface area contributed by atoms with E-state index in [1.807, 2.05) is 18.9 Å². The number of fused-ring (bicyclic) bond motifs is 2. The largest absolute Gasteiger partial charge is 0.462 e. The van der Waals surface area contributed by atoms with E-state index in [0.717, 1.165) is 19.4 Å². The zero-order valence-electron chi connectivity index (χ0n) is 22.7. The fourth-order valence-corrected chi connectivity index (χ4v) is 6.17. The Balaban J connectivity index is 1.49. The van der Waals surface area contributed by atoms with Gasteiger partial charge in [-0.05, 0) is 50.9 Å². The lowest BCUT2D eigenvalue weighted by molar-refractivity contribution is -0.141. The van der Waals surface area contributed by atoms with Crippen LogP contribution in [0.2, 0.25) is 5.02 Å². The van der Waals surface area contributed by atoms with Crippen LogP contribution >= 0.6 is 11.6 Å². The Kier molecular flexibility index (Phi) is 7.33. The van der Waals surface area contributed by atoms with Crippen LogP contribution in [0.5, 0.6) is 6.01 Å². The Labute approximate surface area is 240 Å². The Bertz CT molecular complexity index is 1470. The fourth-order valence-electron chi connectivity index (χ4n) is 5.89. The normalized spacial score (nSPS) is 23.6. The van der Waals surface area contributed by atoms with Crippen molar-refractivity contribution < 1.29 is 22.7 Å². The van der Waals surface area contributed by atoms with Crippen molar-refractivity contribution in [3.05, 3.63) is 47.1 Å². The van der Waals surface area contributed by atoms with E-state index in [1.54, 1.807) is 30.3 Å². The van der Waals surface area contributed by atoms with Gasteiger partial charge in [-0.1, -0.05) is 35.9 Å². The highest BCUT2D eigenvalue weighted by atomic mass is 35.5. The van der Waals surface area contributed by atoms with Crippen molar-refractivity contribution in [2.45, 2.75) is 44.2 Å². The lowest BCUT2D eigenvalue weighted by atomic mass is 10.0. The first-order valence-electron chi connectivity index (χ1n) is 13.7. The third-order valence-corrected chi connectivity index (χ3v) is 8.40. The number of likely N-dealkylation sites (N-methyl/N-ethyl adjacent to an activating group) is 1. The minimum absolute atomic E-state index is 0.0318. The minimum atomic E-state index is -4.83. The number of aromatic nitrogens is 2. The van der Waals surface area contributed by atoms with Crippen molar-refractivity contribution in [2.75, 3.05) is 55.0 Å². The van der Waals surface area contributed by atoms with Crippen LogP contribution in [0.4, 0.5) is 30.4 Å². The zero-order chi connectivity index (χ0) is 28.9. The molecule has 218 valence electrons. The number of rotatable bonds is 5. The number of likely N-dealkylation sites (tertiary alicyclic amines) is 1. The third-order valence-electron chi connectivity index (χ3n) is 8.08. The van der Waals surface area contributed by atoms with E-state index in [9.17, 15) is 18.0 Å². The number of piperazine rings is 1. The average molecular weight is 590 g/mol. The van der Waals surface area contributed by atoms with Crippen LogP contribution in [-0.2, 0) is 0 Å². The molecule has 9 nitrogen and oxygen atoms in total. The predicted octanol–water partition coefficient (Wildman–Crippen LogP) is 4.52. The van der Waals surface area contributed by atoms with Gasteiger partial charge in [-0.2, -0.15) is 23.1 Å². The maximum Gasteiger partial charge on any atom is 0.427 e. The second kappa shape index (κ2) is 10.8. The molecule has 0 aliphatic carbocycles. The topological polar surface area (TPSA) is 85.9 Å². The van der Waals surface area contributed by atoms with Crippen molar-refractivity contribution in [1.82, 2.24) is 20.2 Å². The highest BCUT2D eigenvalue weighted by Crippen LogP contribution is 2.43. The molecule has 2 saturated heterocycles. The van der Waals surface area contributed by atoms with Gasteiger partial charge in [0.15, 0.2) is 11.5 Å². The van der Waals surface area contributed by atoms with Gasteiger partial charge >= 0.3 is 12.2 Å². The van der Waals surface area contributed by atoms with Crippen LogP contribution in [-0.4, -0.2) is 85.0 Å². The molecular formula is C28H31ClF3N7O2. The maximum atomic E-state index is 14.7. The molecule has 2 aromatic carbocycles. The van der Waals surface area contributed by atoms with Crippen LogP contribution in [0.1, 0.15) is 30.3 Å². The summed E-state index contributed by atoms with van der Waals surface area (Å²) >= 11 is 6.47. The SMILES string of the molecule is CC1CNCCN1c1nc(OCC2CCCN2C)nc2c1NC(C(F)(F)F)N(c1cccc3cccc(Cl)c13)C2=O. The number of halogens is 4.